The molecule has 11 heteroatoms. The molecule has 0 radical (unpaired) electrons. The number of benzene rings is 3. The van der Waals surface area contributed by atoms with Crippen molar-refractivity contribution < 1.29 is 19.0 Å². The van der Waals surface area contributed by atoms with Gasteiger partial charge in [0.15, 0.2) is 0 Å². The van der Waals surface area contributed by atoms with Gasteiger partial charge < -0.3 is 19.3 Å². The highest BCUT2D eigenvalue weighted by molar-refractivity contribution is 9.10. The Kier molecular flexibility index (Phi) is 6.63. The monoisotopic (exact) mass is 604 g/mol. The molecular weight excluding hydrogens is 579 g/mol. The lowest BCUT2D eigenvalue weighted by Gasteiger charge is -2.45. The number of rotatable bonds is 7. The lowest BCUT2D eigenvalue weighted by atomic mass is 9.90. The Morgan fingerprint density at radius 1 is 1.18 bits per heavy atom. The molecule has 0 aliphatic carbocycles. The van der Waals surface area contributed by atoms with E-state index in [2.05, 4.69) is 31.2 Å². The zero-order valence-electron chi connectivity index (χ0n) is 21.8. The molecule has 1 fully saturated rings. The van der Waals surface area contributed by atoms with Crippen LogP contribution in [0.3, 0.4) is 0 Å². The summed E-state index contributed by atoms with van der Waals surface area (Å²) in [5.74, 6) is 0.236. The molecule has 1 atom stereocenters. The lowest BCUT2D eigenvalue weighted by molar-refractivity contribution is -0.0893. The summed E-state index contributed by atoms with van der Waals surface area (Å²) < 4.78 is 24.1. The van der Waals surface area contributed by atoms with Crippen LogP contribution in [0.2, 0.25) is 0 Å². The third-order valence-electron chi connectivity index (χ3n) is 7.39. The number of ether oxygens (including phenoxy) is 1. The first kappa shape index (κ1) is 26.1. The number of carbonyl (C=O) groups is 1. The van der Waals surface area contributed by atoms with Crippen LogP contribution in [0.25, 0.3) is 11.0 Å². The first-order chi connectivity index (χ1) is 19.3. The normalized spacial score (nSPS) is 15.2. The molecular formula is C29H26BrFN6O3. The molecule has 2 aromatic heterocycles. The summed E-state index contributed by atoms with van der Waals surface area (Å²) in [4.78, 5) is 19.3. The summed E-state index contributed by atoms with van der Waals surface area (Å²) in [6.45, 7) is 2.54. The third kappa shape index (κ3) is 4.65. The number of aliphatic hydroxyl groups is 1. The molecule has 1 aliphatic rings. The molecule has 9 nitrogen and oxygen atoms in total. The summed E-state index contributed by atoms with van der Waals surface area (Å²) in [5, 5.41) is 19.4. The quantitative estimate of drug-likeness (QED) is 0.293. The van der Waals surface area contributed by atoms with Gasteiger partial charge in [-0.3, -0.25) is 4.79 Å². The molecule has 1 aliphatic heterocycles. The Bertz CT molecular complexity index is 1730. The highest BCUT2D eigenvalue weighted by Gasteiger charge is 2.47. The number of halogens is 2. The number of para-hydroxylation sites is 1. The number of likely N-dealkylation sites (tertiary alicyclic amines) is 1. The van der Waals surface area contributed by atoms with Crippen LogP contribution in [0.1, 0.15) is 40.1 Å². The number of amides is 1. The van der Waals surface area contributed by atoms with Crippen molar-refractivity contribution in [2.45, 2.75) is 25.1 Å². The fourth-order valence-electron chi connectivity index (χ4n) is 5.08. The van der Waals surface area contributed by atoms with Gasteiger partial charge in [-0.05, 0) is 43.3 Å². The minimum atomic E-state index is -1.33. The van der Waals surface area contributed by atoms with E-state index in [1.807, 2.05) is 34.9 Å². The van der Waals surface area contributed by atoms with Crippen molar-refractivity contribution in [3.05, 3.63) is 106 Å². The van der Waals surface area contributed by atoms with Crippen molar-refractivity contribution in [1.29, 1.82) is 0 Å². The molecule has 0 bridgehead atoms. The molecule has 0 saturated carbocycles. The first-order valence-electron chi connectivity index (χ1n) is 12.7. The topological polar surface area (TPSA) is 98.3 Å². The number of methoxy groups -OCH3 is 1. The van der Waals surface area contributed by atoms with Gasteiger partial charge in [0.05, 0.1) is 56.3 Å². The Morgan fingerprint density at radius 3 is 2.75 bits per heavy atom. The third-order valence-corrected chi connectivity index (χ3v) is 7.88. The molecule has 3 aromatic carbocycles. The highest BCUT2D eigenvalue weighted by Crippen LogP contribution is 2.33. The van der Waals surface area contributed by atoms with Crippen molar-refractivity contribution in [2.75, 3.05) is 20.2 Å². The number of hydrogen-bond acceptors (Lipinski definition) is 6. The Balaban J connectivity index is 1.14. The molecule has 204 valence electrons. The number of nitrogens with zero attached hydrogens (tertiary/aromatic N) is 6. The van der Waals surface area contributed by atoms with Crippen LogP contribution in [-0.4, -0.2) is 60.7 Å². The number of fused-ring (bicyclic) bond motifs is 1. The van der Waals surface area contributed by atoms with Gasteiger partial charge in [0, 0.05) is 21.2 Å². The summed E-state index contributed by atoms with van der Waals surface area (Å²) >= 11 is 3.26. The lowest BCUT2D eigenvalue weighted by Crippen LogP contribution is -2.61. The second-order valence-electron chi connectivity index (χ2n) is 10.0. The maximum absolute atomic E-state index is 14.4. The van der Waals surface area contributed by atoms with Gasteiger partial charge in [-0.25, -0.2) is 14.1 Å². The number of β-amino-alcohol motifs (C(OH)–C–C–N with tert-alkyl or cyclic N) is 1. The number of hydrogen-bond donors (Lipinski definition) is 1. The molecule has 0 spiro atoms. The van der Waals surface area contributed by atoms with Crippen LogP contribution in [0.4, 0.5) is 4.39 Å². The van der Waals surface area contributed by atoms with Crippen LogP contribution in [-0.2, 0) is 12.1 Å². The molecule has 1 amide bonds. The molecule has 6 rings (SSSR count). The SMILES string of the molecule is COc1ccccc1Cn1cnc2cc(C(=O)N3CC(O)(c4cn([C@@H](C)c5ccc(Br)cc5F)nn4)C3)ccc21. The minimum Gasteiger partial charge on any atom is -0.496 e. The van der Waals surface area contributed by atoms with Gasteiger partial charge in [0.25, 0.3) is 5.91 Å². The molecule has 1 saturated heterocycles. The fourth-order valence-corrected chi connectivity index (χ4v) is 5.41. The van der Waals surface area contributed by atoms with E-state index in [0.717, 1.165) is 16.8 Å². The number of imidazole rings is 1. The van der Waals surface area contributed by atoms with E-state index in [1.165, 1.54) is 10.7 Å². The summed E-state index contributed by atoms with van der Waals surface area (Å²) in [5.41, 5.74) is 2.58. The summed E-state index contributed by atoms with van der Waals surface area (Å²) in [6, 6.07) is 17.6. The minimum absolute atomic E-state index is 0.0752. The Morgan fingerprint density at radius 2 is 1.98 bits per heavy atom. The van der Waals surface area contributed by atoms with E-state index in [9.17, 15) is 14.3 Å². The van der Waals surface area contributed by atoms with Crippen molar-refractivity contribution in [3.8, 4) is 5.75 Å². The van der Waals surface area contributed by atoms with Gasteiger partial charge >= 0.3 is 0 Å². The van der Waals surface area contributed by atoms with Crippen molar-refractivity contribution in [2.24, 2.45) is 0 Å². The van der Waals surface area contributed by atoms with Crippen molar-refractivity contribution in [3.63, 3.8) is 0 Å². The largest absolute Gasteiger partial charge is 0.496 e. The van der Waals surface area contributed by atoms with Crippen LogP contribution in [0.5, 0.6) is 5.75 Å². The fraction of sp³-hybridized carbons (Fsp3) is 0.241. The average Bonchev–Trinajstić information content (AvgIpc) is 3.59. The molecule has 5 aromatic rings. The van der Waals surface area contributed by atoms with E-state index >= 15 is 0 Å². The van der Waals surface area contributed by atoms with E-state index in [-0.39, 0.29) is 24.8 Å². The summed E-state index contributed by atoms with van der Waals surface area (Å²) in [6.07, 6.45) is 3.35. The standard InChI is InChI=1S/C29H26BrFN6O3/c1-18(22-9-8-21(30)12-23(22)31)37-14-27(33-34-37)29(39)15-36(16-29)28(38)19-7-10-25-24(11-19)32-17-35(25)13-20-5-3-4-6-26(20)40-2/h3-12,14,17-18,39H,13,15-16H2,1-2H3/t18-/m0/s1. The van der Waals surface area contributed by atoms with Crippen LogP contribution in [0.15, 0.2) is 77.7 Å². The van der Waals surface area contributed by atoms with E-state index in [4.69, 9.17) is 4.74 Å². The highest BCUT2D eigenvalue weighted by atomic mass is 79.9. The zero-order valence-corrected chi connectivity index (χ0v) is 23.4. The maximum Gasteiger partial charge on any atom is 0.254 e. The van der Waals surface area contributed by atoms with Gasteiger partial charge in [-0.15, -0.1) is 5.10 Å². The van der Waals surface area contributed by atoms with Crippen molar-refractivity contribution >= 4 is 32.9 Å². The Hall–Kier alpha value is -4.09. The second-order valence-corrected chi connectivity index (χ2v) is 10.9. The van der Waals surface area contributed by atoms with Crippen LogP contribution >= 0.6 is 15.9 Å². The van der Waals surface area contributed by atoms with E-state index < -0.39 is 11.6 Å². The van der Waals surface area contributed by atoms with Crippen molar-refractivity contribution in [1.82, 2.24) is 29.4 Å². The van der Waals surface area contributed by atoms with Crippen LogP contribution < -0.4 is 4.74 Å². The van der Waals surface area contributed by atoms with E-state index in [1.54, 1.807) is 55.7 Å². The predicted molar refractivity (Wildman–Crippen MR) is 150 cm³/mol. The van der Waals surface area contributed by atoms with Gasteiger partial charge in [-0.2, -0.15) is 0 Å². The number of aromatic nitrogens is 5. The molecule has 1 N–H and O–H groups in total. The maximum atomic E-state index is 14.4. The Labute approximate surface area is 237 Å². The summed E-state index contributed by atoms with van der Waals surface area (Å²) in [7, 11) is 1.65. The van der Waals surface area contributed by atoms with Gasteiger partial charge in [0.2, 0.25) is 0 Å². The first-order valence-corrected chi connectivity index (χ1v) is 13.5. The zero-order chi connectivity index (χ0) is 28.0. The predicted octanol–water partition coefficient (Wildman–Crippen LogP) is 4.54. The smallest absolute Gasteiger partial charge is 0.254 e. The average molecular weight is 605 g/mol. The number of carbonyl (C=O) groups excluding carboxylic acids is 1. The molecule has 3 heterocycles. The van der Waals surface area contributed by atoms with Gasteiger partial charge in [-0.1, -0.05) is 45.4 Å². The second kappa shape index (κ2) is 10.1. The van der Waals surface area contributed by atoms with Crippen LogP contribution in [0, 0.1) is 5.82 Å². The van der Waals surface area contributed by atoms with Gasteiger partial charge in [0.1, 0.15) is 22.9 Å². The molecule has 0 unspecified atom stereocenters. The molecule has 40 heavy (non-hydrogen) atoms. The van der Waals surface area contributed by atoms with E-state index in [0.29, 0.717) is 33.4 Å².